The van der Waals surface area contributed by atoms with Gasteiger partial charge in [-0.1, -0.05) is 11.6 Å². The van der Waals surface area contributed by atoms with Crippen molar-refractivity contribution >= 4 is 58.1 Å². The zero-order valence-corrected chi connectivity index (χ0v) is 39.5. The molecule has 0 unspecified atom stereocenters. The SMILES string of the molecule is COC(CC(OC)OC)OC.Cc1cc(-n2cccn2)ncc1B(O)O.Cc1cc(-n2cccn2)ncc1I.Cc1cc(-n2cccn2)ncc1[N+](=O)[O-].Cc1cc(Cl)ncc1[N+](=O)[O-]. The second-order valence-electron chi connectivity index (χ2n) is 13.1. The second-order valence-corrected chi connectivity index (χ2v) is 14.6. The summed E-state index contributed by atoms with van der Waals surface area (Å²) in [6, 6.07) is 12.3. The third-order valence-electron chi connectivity index (χ3n) is 8.61. The van der Waals surface area contributed by atoms with Crippen molar-refractivity contribution in [3.8, 4) is 17.5 Å². The van der Waals surface area contributed by atoms with E-state index in [1.165, 1.54) is 27.6 Å². The normalized spacial score (nSPS) is 10.4. The molecule has 0 saturated heterocycles. The Hall–Kier alpha value is -6.13. The third kappa shape index (κ3) is 17.1. The van der Waals surface area contributed by atoms with Crippen molar-refractivity contribution in [1.29, 1.82) is 0 Å². The maximum atomic E-state index is 10.6. The second kappa shape index (κ2) is 27.3. The van der Waals surface area contributed by atoms with Crippen LogP contribution in [0.4, 0.5) is 11.4 Å². The highest BCUT2D eigenvalue weighted by atomic mass is 127. The molecule has 7 rings (SSSR count). The highest BCUT2D eigenvalue weighted by Gasteiger charge is 2.16. The first-order valence-electron chi connectivity index (χ1n) is 19.0. The lowest BCUT2D eigenvalue weighted by molar-refractivity contribution is -0.385. The molecule has 7 aromatic rings. The fourth-order valence-electron chi connectivity index (χ4n) is 5.10. The summed E-state index contributed by atoms with van der Waals surface area (Å²) in [4.78, 5) is 35.8. The Morgan fingerprint density at radius 2 is 1.02 bits per heavy atom. The number of rotatable bonds is 12. The Balaban J connectivity index is 0.000000217. The largest absolute Gasteiger partial charge is 0.490 e. The molecule has 22 nitrogen and oxygen atoms in total. The Bertz CT molecular complexity index is 2500. The van der Waals surface area contributed by atoms with Crippen LogP contribution in [0.15, 0.2) is 104 Å². The van der Waals surface area contributed by atoms with E-state index in [-0.39, 0.29) is 29.1 Å². The van der Waals surface area contributed by atoms with Crippen molar-refractivity contribution in [2.24, 2.45) is 0 Å². The van der Waals surface area contributed by atoms with Crippen LogP contribution >= 0.6 is 34.2 Å². The lowest BCUT2D eigenvalue weighted by Gasteiger charge is -2.18. The number of hydrogen-bond donors (Lipinski definition) is 2. The predicted octanol–water partition coefficient (Wildman–Crippen LogP) is 5.49. The zero-order valence-electron chi connectivity index (χ0n) is 36.5. The lowest BCUT2D eigenvalue weighted by Crippen LogP contribution is -2.32. The summed E-state index contributed by atoms with van der Waals surface area (Å²) in [6.45, 7) is 7.15. The van der Waals surface area contributed by atoms with E-state index in [4.69, 9.17) is 40.6 Å². The van der Waals surface area contributed by atoms with Gasteiger partial charge in [0.05, 0.1) is 9.85 Å². The number of aryl methyl sites for hydroxylation is 4. The smallest absolute Gasteiger partial charge is 0.423 e. The van der Waals surface area contributed by atoms with Gasteiger partial charge in [-0.3, -0.25) is 20.2 Å². The minimum atomic E-state index is -1.48. The molecule has 7 aromatic heterocycles. The molecule has 0 spiro atoms. The van der Waals surface area contributed by atoms with Crippen LogP contribution < -0.4 is 5.46 Å². The van der Waals surface area contributed by atoms with Gasteiger partial charge in [0.1, 0.15) is 17.5 Å². The molecule has 0 aromatic carbocycles. The summed E-state index contributed by atoms with van der Waals surface area (Å²) in [7, 11) is 4.84. The Kier molecular flexibility index (Phi) is 22.3. The van der Waals surface area contributed by atoms with Crippen LogP contribution in [-0.4, -0.2) is 117 Å². The molecule has 0 atom stereocenters. The first-order valence-corrected chi connectivity index (χ1v) is 20.4. The van der Waals surface area contributed by atoms with Crippen molar-refractivity contribution in [3.05, 3.63) is 156 Å². The van der Waals surface area contributed by atoms with Gasteiger partial charge in [-0.2, -0.15) is 15.3 Å². The summed E-state index contributed by atoms with van der Waals surface area (Å²) < 4.78 is 25.9. The van der Waals surface area contributed by atoms with Crippen molar-refractivity contribution < 1.29 is 38.8 Å². The monoisotopic (exact) mass is 1030 g/mol. The van der Waals surface area contributed by atoms with Crippen LogP contribution in [0, 0.1) is 51.5 Å². The molecule has 65 heavy (non-hydrogen) atoms. The van der Waals surface area contributed by atoms with Crippen LogP contribution in [-0.2, 0) is 18.9 Å². The summed E-state index contributed by atoms with van der Waals surface area (Å²) in [5.41, 5.74) is 3.51. The summed E-state index contributed by atoms with van der Waals surface area (Å²) in [6.07, 6.45) is 16.1. The van der Waals surface area contributed by atoms with Gasteiger partial charge in [0, 0.05) is 105 Å². The standard InChI is InChI=1S/C9H10BN3O2.C9H8IN3.C9H8N4O2.C7H16O4.C6H5ClN2O2/c1-7-5-9(13-4-2-3-12-13)11-6-8(7)10(14)15;1-7-5-9(11-6-8(7)10)13-4-2-3-12-13;1-7-5-9(12-4-2-3-11-12)10-6-8(7)13(14)15;1-8-6(9-2)5-7(10-3)11-4;1-4-2-6(7)8-3-5(4)9(10)11/h2-6,14-15H,1H3;2-6H,1H3;2-6H,1H3;6-7H,5H2,1-4H3;2-3H,1H3. The molecule has 344 valence electrons. The first kappa shape index (κ1) is 53.2. The van der Waals surface area contributed by atoms with E-state index in [0.29, 0.717) is 34.6 Å². The Morgan fingerprint density at radius 3 is 1.35 bits per heavy atom. The number of ether oxygens (including phenoxy) is 4. The molecule has 25 heteroatoms. The topological polar surface area (TPSA) is 269 Å². The molecule has 7 heterocycles. The molecule has 0 radical (unpaired) electrons. The fraction of sp³-hybridized carbons (Fsp3) is 0.275. The minimum Gasteiger partial charge on any atom is -0.423 e. The maximum absolute atomic E-state index is 10.6. The molecule has 0 amide bonds. The summed E-state index contributed by atoms with van der Waals surface area (Å²) in [5, 5.41) is 51.3. The maximum Gasteiger partial charge on any atom is 0.490 e. The number of aromatic nitrogens is 10. The Morgan fingerprint density at radius 1 is 0.631 bits per heavy atom. The van der Waals surface area contributed by atoms with Crippen molar-refractivity contribution in [3.63, 3.8) is 0 Å². The van der Waals surface area contributed by atoms with Gasteiger partial charge in [-0.25, -0.2) is 34.0 Å². The summed E-state index contributed by atoms with van der Waals surface area (Å²) >= 11 is 7.75. The van der Waals surface area contributed by atoms with Crippen LogP contribution in [0.2, 0.25) is 5.15 Å². The number of methoxy groups -OCH3 is 4. The Labute approximate surface area is 392 Å². The van der Waals surface area contributed by atoms with Crippen LogP contribution in [0.3, 0.4) is 0 Å². The molecule has 0 aliphatic carbocycles. The molecule has 2 N–H and O–H groups in total. The van der Waals surface area contributed by atoms with E-state index in [1.807, 2.05) is 24.5 Å². The lowest BCUT2D eigenvalue weighted by atomic mass is 9.79. The van der Waals surface area contributed by atoms with Gasteiger partial charge in [0.2, 0.25) is 0 Å². The highest BCUT2D eigenvalue weighted by molar-refractivity contribution is 14.1. The average molecular weight is 1030 g/mol. The summed E-state index contributed by atoms with van der Waals surface area (Å²) in [5.74, 6) is 2.09. The van der Waals surface area contributed by atoms with Gasteiger partial charge in [0.25, 0.3) is 11.4 Å². The number of halogens is 2. The molecule has 0 saturated carbocycles. The van der Waals surface area contributed by atoms with Gasteiger partial charge in [-0.15, -0.1) is 0 Å². The van der Waals surface area contributed by atoms with Crippen molar-refractivity contribution in [2.75, 3.05) is 28.4 Å². The molecule has 0 bridgehead atoms. The van der Waals surface area contributed by atoms with E-state index in [9.17, 15) is 20.2 Å². The van der Waals surface area contributed by atoms with Crippen molar-refractivity contribution in [2.45, 2.75) is 46.7 Å². The zero-order chi connectivity index (χ0) is 48.1. The number of nitro groups is 2. The number of hydrogen-bond acceptors (Lipinski definition) is 17. The van der Waals surface area contributed by atoms with E-state index < -0.39 is 17.0 Å². The first-order chi connectivity index (χ1) is 31.0. The molecule has 0 fully saturated rings. The quantitative estimate of drug-likeness (QED) is 0.0383. The third-order valence-corrected chi connectivity index (χ3v) is 9.95. The van der Waals surface area contributed by atoms with Gasteiger partial charge in [-0.05, 0) is 104 Å². The minimum absolute atomic E-state index is 0.00519. The average Bonchev–Trinajstić information content (AvgIpc) is 4.12. The van der Waals surface area contributed by atoms with E-state index in [1.54, 1.807) is 119 Å². The number of nitrogens with zero attached hydrogens (tertiary/aromatic N) is 12. The van der Waals surface area contributed by atoms with Gasteiger partial charge < -0.3 is 29.0 Å². The van der Waals surface area contributed by atoms with Crippen LogP contribution in [0.25, 0.3) is 17.5 Å². The highest BCUT2D eigenvalue weighted by Crippen LogP contribution is 2.19. The van der Waals surface area contributed by atoms with E-state index >= 15 is 0 Å². The van der Waals surface area contributed by atoms with E-state index in [0.717, 1.165) is 17.6 Å². The number of pyridine rings is 4. The fourth-order valence-corrected chi connectivity index (χ4v) is 5.61. The molecule has 0 aliphatic heterocycles. The van der Waals surface area contributed by atoms with Crippen LogP contribution in [0.1, 0.15) is 28.7 Å². The van der Waals surface area contributed by atoms with Gasteiger partial charge >= 0.3 is 7.12 Å². The predicted molar refractivity (Wildman–Crippen MR) is 248 cm³/mol. The molecular formula is C40H47BClIN12O10. The van der Waals surface area contributed by atoms with Crippen LogP contribution in [0.5, 0.6) is 0 Å². The van der Waals surface area contributed by atoms with E-state index in [2.05, 4.69) is 64.7 Å². The molecule has 0 aliphatic rings. The van der Waals surface area contributed by atoms with Crippen molar-refractivity contribution in [1.82, 2.24) is 49.3 Å². The van der Waals surface area contributed by atoms with Gasteiger partial charge in [0.15, 0.2) is 30.0 Å². The molecular weight excluding hydrogens is 982 g/mol.